The van der Waals surface area contributed by atoms with Crippen molar-refractivity contribution in [1.29, 1.82) is 0 Å². The maximum absolute atomic E-state index is 11.8. The molecule has 6 heteroatoms. The molecule has 0 aliphatic heterocycles. The average molecular weight is 320 g/mol. The van der Waals surface area contributed by atoms with Crippen LogP contribution in [-0.2, 0) is 10.5 Å². The van der Waals surface area contributed by atoms with Gasteiger partial charge >= 0.3 is 0 Å². The molecule has 1 aliphatic rings. The van der Waals surface area contributed by atoms with Gasteiger partial charge in [-0.05, 0) is 18.6 Å². The molecule has 0 spiro atoms. The summed E-state index contributed by atoms with van der Waals surface area (Å²) in [5, 5.41) is 12.6. The second kappa shape index (κ2) is 6.04. The van der Waals surface area contributed by atoms with E-state index in [1.54, 1.807) is 23.1 Å². The Hall–Kier alpha value is -0.230. The fourth-order valence-electron chi connectivity index (χ4n) is 2.06. The monoisotopic (exact) mass is 319 g/mol. The van der Waals surface area contributed by atoms with Gasteiger partial charge in [-0.25, -0.2) is 0 Å². The van der Waals surface area contributed by atoms with E-state index < -0.39 is 0 Å². The van der Waals surface area contributed by atoms with Gasteiger partial charge in [0.25, 0.3) is 0 Å². The lowest BCUT2D eigenvalue weighted by Gasteiger charge is -2.49. The van der Waals surface area contributed by atoms with Crippen molar-refractivity contribution in [1.82, 2.24) is 5.32 Å². The number of hydrogen-bond acceptors (Lipinski definition) is 4. The van der Waals surface area contributed by atoms with E-state index in [2.05, 4.69) is 5.32 Å². The number of carbonyl (C=O) groups excluding carboxylic acids is 1. The summed E-state index contributed by atoms with van der Waals surface area (Å²) in [5.74, 6) is 1.29. The van der Waals surface area contributed by atoms with Crippen LogP contribution in [0.1, 0.15) is 25.1 Å². The summed E-state index contributed by atoms with van der Waals surface area (Å²) in [4.78, 5) is 13.0. The Morgan fingerprint density at radius 2 is 2.37 bits per heavy atom. The predicted octanol–water partition coefficient (Wildman–Crippen LogP) is 2.91. The quantitative estimate of drug-likeness (QED) is 0.877. The van der Waals surface area contributed by atoms with Crippen molar-refractivity contribution in [2.75, 3.05) is 5.75 Å². The number of hydrogen-bond donors (Lipinski definition) is 2. The molecule has 3 nitrogen and oxygen atoms in total. The Labute approximate surface area is 126 Å². The standard InChI is InChI=1S/C13H18ClNO2S2/c1-13(2)9(5-10(13)16)15-12(17)7-18-6-8-3-4-11(14)19-8/h3-4,9-10,16H,5-7H2,1-2H3,(H,15,17). The Morgan fingerprint density at radius 3 is 2.89 bits per heavy atom. The van der Waals surface area contributed by atoms with Gasteiger partial charge in [-0.1, -0.05) is 25.4 Å². The highest BCUT2D eigenvalue weighted by molar-refractivity contribution is 7.99. The summed E-state index contributed by atoms with van der Waals surface area (Å²) in [5.41, 5.74) is -0.207. The summed E-state index contributed by atoms with van der Waals surface area (Å²) >= 11 is 8.98. The maximum Gasteiger partial charge on any atom is 0.230 e. The Balaban J connectivity index is 1.68. The van der Waals surface area contributed by atoms with E-state index in [9.17, 15) is 9.90 Å². The first-order valence-corrected chi connectivity index (χ1v) is 8.54. The molecule has 0 radical (unpaired) electrons. The summed E-state index contributed by atoms with van der Waals surface area (Å²) < 4.78 is 0.783. The fraction of sp³-hybridized carbons (Fsp3) is 0.615. The van der Waals surface area contributed by atoms with Crippen LogP contribution in [0.25, 0.3) is 0 Å². The van der Waals surface area contributed by atoms with Crippen molar-refractivity contribution in [3.8, 4) is 0 Å². The first kappa shape index (κ1) is 15.2. The van der Waals surface area contributed by atoms with Gasteiger partial charge in [0.15, 0.2) is 0 Å². The topological polar surface area (TPSA) is 49.3 Å². The van der Waals surface area contributed by atoms with Crippen molar-refractivity contribution in [3.63, 3.8) is 0 Å². The first-order chi connectivity index (χ1) is 8.89. The van der Waals surface area contributed by atoms with Crippen LogP contribution >= 0.6 is 34.7 Å². The molecule has 2 N–H and O–H groups in total. The normalized spacial score (nSPS) is 24.8. The van der Waals surface area contributed by atoms with E-state index in [-0.39, 0.29) is 23.5 Å². The van der Waals surface area contributed by atoms with Crippen molar-refractivity contribution >= 4 is 40.6 Å². The highest BCUT2D eigenvalue weighted by atomic mass is 35.5. The number of nitrogens with one attached hydrogen (secondary N) is 1. The Morgan fingerprint density at radius 1 is 1.63 bits per heavy atom. The largest absolute Gasteiger partial charge is 0.392 e. The molecule has 2 rings (SSSR count). The number of aliphatic hydroxyl groups excluding tert-OH is 1. The smallest absolute Gasteiger partial charge is 0.230 e. The third kappa shape index (κ3) is 3.66. The van der Waals surface area contributed by atoms with Gasteiger partial charge in [0.2, 0.25) is 5.91 Å². The van der Waals surface area contributed by atoms with E-state index in [1.165, 1.54) is 4.88 Å². The van der Waals surface area contributed by atoms with E-state index in [4.69, 9.17) is 11.6 Å². The molecule has 19 heavy (non-hydrogen) atoms. The first-order valence-electron chi connectivity index (χ1n) is 6.19. The molecule has 1 fully saturated rings. The molecule has 1 saturated carbocycles. The highest BCUT2D eigenvalue weighted by Crippen LogP contribution is 2.40. The molecule has 1 amide bonds. The summed E-state index contributed by atoms with van der Waals surface area (Å²) in [6, 6.07) is 3.95. The number of carbonyl (C=O) groups is 1. The van der Waals surface area contributed by atoms with Gasteiger partial charge < -0.3 is 10.4 Å². The van der Waals surface area contributed by atoms with E-state index >= 15 is 0 Å². The minimum atomic E-state index is -0.307. The Kier molecular flexibility index (Phi) is 4.82. The third-order valence-corrected chi connectivity index (χ3v) is 6.05. The van der Waals surface area contributed by atoms with Crippen LogP contribution in [-0.4, -0.2) is 28.9 Å². The van der Waals surface area contributed by atoms with Crippen molar-refractivity contribution in [3.05, 3.63) is 21.3 Å². The minimum absolute atomic E-state index is 0.0395. The van der Waals surface area contributed by atoms with Crippen LogP contribution < -0.4 is 5.32 Å². The molecular formula is C13H18ClNO2S2. The number of rotatable bonds is 5. The molecular weight excluding hydrogens is 302 g/mol. The lowest BCUT2D eigenvalue weighted by atomic mass is 9.64. The molecule has 1 aromatic rings. The second-order valence-corrected chi connectivity index (χ2v) is 8.18. The SMILES string of the molecule is CC1(C)C(O)CC1NC(=O)CSCc1ccc(Cl)s1. The second-order valence-electron chi connectivity index (χ2n) is 5.39. The fourth-order valence-corrected chi connectivity index (χ4v) is 4.09. The lowest BCUT2D eigenvalue weighted by molar-refractivity contribution is -0.126. The summed E-state index contributed by atoms with van der Waals surface area (Å²) in [6.45, 7) is 3.96. The molecule has 0 saturated heterocycles. The van der Waals surface area contributed by atoms with Gasteiger partial charge in [0.1, 0.15) is 0 Å². The van der Waals surface area contributed by atoms with Crippen LogP contribution in [0, 0.1) is 5.41 Å². The summed E-state index contributed by atoms with van der Waals surface area (Å²) in [7, 11) is 0. The van der Waals surface area contributed by atoms with Crippen molar-refractivity contribution in [2.24, 2.45) is 5.41 Å². The van der Waals surface area contributed by atoms with Crippen LogP contribution in [0.2, 0.25) is 4.34 Å². The molecule has 0 bridgehead atoms. The predicted molar refractivity (Wildman–Crippen MR) is 81.8 cm³/mol. The average Bonchev–Trinajstić information content (AvgIpc) is 2.75. The third-order valence-electron chi connectivity index (χ3n) is 3.66. The van der Waals surface area contributed by atoms with Crippen molar-refractivity contribution in [2.45, 2.75) is 38.2 Å². The highest BCUT2D eigenvalue weighted by Gasteiger charge is 2.47. The van der Waals surface area contributed by atoms with E-state index in [1.807, 2.05) is 26.0 Å². The molecule has 106 valence electrons. The van der Waals surface area contributed by atoms with E-state index in [0.29, 0.717) is 12.2 Å². The van der Waals surface area contributed by atoms with Gasteiger partial charge in [-0.2, -0.15) is 0 Å². The van der Waals surface area contributed by atoms with Gasteiger partial charge in [-0.15, -0.1) is 23.1 Å². The zero-order chi connectivity index (χ0) is 14.0. The molecule has 1 heterocycles. The number of halogens is 1. The van der Waals surface area contributed by atoms with Gasteiger partial charge in [0.05, 0.1) is 16.2 Å². The minimum Gasteiger partial charge on any atom is -0.392 e. The molecule has 2 unspecified atom stereocenters. The van der Waals surface area contributed by atoms with E-state index in [0.717, 1.165) is 10.1 Å². The number of aliphatic hydroxyl groups is 1. The van der Waals surface area contributed by atoms with Crippen LogP contribution in [0.5, 0.6) is 0 Å². The van der Waals surface area contributed by atoms with Crippen LogP contribution in [0.3, 0.4) is 0 Å². The number of thiophene rings is 1. The number of thioether (sulfide) groups is 1. The molecule has 1 aromatic heterocycles. The maximum atomic E-state index is 11.8. The zero-order valence-electron chi connectivity index (χ0n) is 11.0. The zero-order valence-corrected chi connectivity index (χ0v) is 13.4. The molecule has 0 aromatic carbocycles. The van der Waals surface area contributed by atoms with Crippen LogP contribution in [0.4, 0.5) is 0 Å². The van der Waals surface area contributed by atoms with Gasteiger partial charge in [0, 0.05) is 22.1 Å². The van der Waals surface area contributed by atoms with Crippen LogP contribution in [0.15, 0.2) is 12.1 Å². The lowest BCUT2D eigenvalue weighted by Crippen LogP contribution is -2.61. The van der Waals surface area contributed by atoms with Gasteiger partial charge in [-0.3, -0.25) is 4.79 Å². The van der Waals surface area contributed by atoms with Crippen molar-refractivity contribution < 1.29 is 9.90 Å². The Bertz CT molecular complexity index is 461. The number of amides is 1. The molecule has 2 atom stereocenters. The molecule has 1 aliphatic carbocycles. The summed E-state index contributed by atoms with van der Waals surface area (Å²) in [6.07, 6.45) is 0.350.